The van der Waals surface area contributed by atoms with Gasteiger partial charge in [-0.2, -0.15) is 0 Å². The minimum atomic E-state index is -0.339. The largest absolute Gasteiger partial charge is 0.370 e. The second kappa shape index (κ2) is 7.23. The van der Waals surface area contributed by atoms with Crippen molar-refractivity contribution in [2.24, 2.45) is 0 Å². The number of hydrogen-bond donors (Lipinski definition) is 0. The van der Waals surface area contributed by atoms with E-state index in [-0.39, 0.29) is 11.9 Å². The van der Waals surface area contributed by atoms with Crippen LogP contribution in [0.4, 0.5) is 0 Å². The Bertz CT molecular complexity index is 340. The van der Waals surface area contributed by atoms with Gasteiger partial charge in [0.05, 0.1) is 0 Å². The molecule has 0 bridgehead atoms. The van der Waals surface area contributed by atoms with Crippen LogP contribution < -0.4 is 0 Å². The predicted molar refractivity (Wildman–Crippen MR) is 70.5 cm³/mol. The maximum atomic E-state index is 12.0. The lowest BCUT2D eigenvalue weighted by atomic mass is 10.0. The van der Waals surface area contributed by atoms with Crippen molar-refractivity contribution in [3.63, 3.8) is 0 Å². The molecule has 0 aliphatic carbocycles. The van der Waals surface area contributed by atoms with Crippen molar-refractivity contribution in [2.45, 2.75) is 46.1 Å². The smallest absolute Gasteiger partial charge is 0.191 e. The number of carbonyl (C=O) groups excluding carboxylic acids is 1. The highest BCUT2D eigenvalue weighted by Crippen LogP contribution is 2.09. The van der Waals surface area contributed by atoms with Gasteiger partial charge in [-0.1, -0.05) is 44.5 Å². The van der Waals surface area contributed by atoms with Crippen molar-refractivity contribution < 1.29 is 9.53 Å². The van der Waals surface area contributed by atoms with Crippen LogP contribution in [0, 0.1) is 0 Å². The summed E-state index contributed by atoms with van der Waals surface area (Å²) in [6.07, 6.45) is 2.75. The van der Waals surface area contributed by atoms with Crippen LogP contribution in [0.5, 0.6) is 0 Å². The predicted octanol–water partition coefficient (Wildman–Crippen LogP) is 3.64. The summed E-state index contributed by atoms with van der Waals surface area (Å²) in [5.74, 6) is 0.0729. The molecule has 2 nitrogen and oxygen atoms in total. The molecule has 2 heteroatoms. The average Bonchev–Trinajstić information content (AvgIpc) is 2.38. The lowest BCUT2D eigenvalue weighted by Gasteiger charge is -2.12. The van der Waals surface area contributed by atoms with Crippen LogP contribution >= 0.6 is 0 Å². The van der Waals surface area contributed by atoms with Gasteiger partial charge in [-0.05, 0) is 25.3 Å². The molecule has 1 aromatic rings. The molecule has 1 rings (SSSR count). The summed E-state index contributed by atoms with van der Waals surface area (Å²) >= 11 is 0. The number of hydrogen-bond acceptors (Lipinski definition) is 2. The van der Waals surface area contributed by atoms with Gasteiger partial charge < -0.3 is 4.74 Å². The number of benzene rings is 1. The molecule has 0 heterocycles. The van der Waals surface area contributed by atoms with Gasteiger partial charge in [0, 0.05) is 12.2 Å². The molecule has 1 aromatic carbocycles. The first-order valence-electron chi connectivity index (χ1n) is 6.43. The number of carbonyl (C=O) groups is 1. The molecule has 1 unspecified atom stereocenters. The maximum absolute atomic E-state index is 12.0. The van der Waals surface area contributed by atoms with Gasteiger partial charge in [0.15, 0.2) is 5.78 Å². The molecule has 0 amide bonds. The zero-order valence-electron chi connectivity index (χ0n) is 11.0. The van der Waals surface area contributed by atoms with Crippen molar-refractivity contribution in [1.82, 2.24) is 0 Å². The number of rotatable bonds is 7. The monoisotopic (exact) mass is 234 g/mol. The summed E-state index contributed by atoms with van der Waals surface area (Å²) in [6.45, 7) is 6.70. The van der Waals surface area contributed by atoms with Gasteiger partial charge >= 0.3 is 0 Å². The van der Waals surface area contributed by atoms with Gasteiger partial charge in [0.2, 0.25) is 0 Å². The van der Waals surface area contributed by atoms with E-state index < -0.39 is 0 Å². The Kier molecular flexibility index (Phi) is 5.92. The normalized spacial score (nSPS) is 12.4. The Labute approximate surface area is 104 Å². The molecule has 0 aliphatic rings. The van der Waals surface area contributed by atoms with Crippen molar-refractivity contribution in [3.8, 4) is 0 Å². The van der Waals surface area contributed by atoms with Gasteiger partial charge in [0.1, 0.15) is 6.10 Å². The Morgan fingerprint density at radius 1 is 1.24 bits per heavy atom. The second-order valence-electron chi connectivity index (χ2n) is 4.28. The van der Waals surface area contributed by atoms with E-state index in [1.807, 2.05) is 31.2 Å². The third-order valence-electron chi connectivity index (χ3n) is 2.88. The van der Waals surface area contributed by atoms with E-state index in [9.17, 15) is 4.79 Å². The highest BCUT2D eigenvalue weighted by atomic mass is 16.5. The number of ketones is 1. The van der Waals surface area contributed by atoms with E-state index in [0.717, 1.165) is 24.8 Å². The van der Waals surface area contributed by atoms with Gasteiger partial charge in [0.25, 0.3) is 0 Å². The molecule has 0 saturated carbocycles. The Morgan fingerprint density at radius 2 is 1.88 bits per heavy atom. The Morgan fingerprint density at radius 3 is 2.41 bits per heavy atom. The summed E-state index contributed by atoms with van der Waals surface area (Å²) in [4.78, 5) is 12.0. The molecule has 0 radical (unpaired) electrons. The summed E-state index contributed by atoms with van der Waals surface area (Å²) in [7, 11) is 0. The van der Waals surface area contributed by atoms with Crippen molar-refractivity contribution in [3.05, 3.63) is 35.4 Å². The zero-order valence-corrected chi connectivity index (χ0v) is 11.0. The van der Waals surface area contributed by atoms with E-state index in [1.54, 1.807) is 0 Å². The number of Topliss-reactive ketones (excluding diaryl/α,β-unsaturated/α-hetero) is 1. The Balaban J connectivity index is 2.55. The van der Waals surface area contributed by atoms with E-state index in [4.69, 9.17) is 4.74 Å². The SMILES string of the molecule is CCCCOC(C)C(=O)c1ccc(CC)cc1. The zero-order chi connectivity index (χ0) is 12.7. The van der Waals surface area contributed by atoms with Crippen molar-refractivity contribution >= 4 is 5.78 Å². The van der Waals surface area contributed by atoms with Crippen LogP contribution in [-0.4, -0.2) is 18.5 Å². The molecule has 1 atom stereocenters. The number of aryl methyl sites for hydroxylation is 1. The summed E-state index contributed by atoms with van der Waals surface area (Å²) in [6, 6.07) is 7.79. The van der Waals surface area contributed by atoms with E-state index in [0.29, 0.717) is 6.61 Å². The van der Waals surface area contributed by atoms with Crippen molar-refractivity contribution in [2.75, 3.05) is 6.61 Å². The molecule has 0 saturated heterocycles. The first kappa shape index (κ1) is 13.9. The molecule has 0 spiro atoms. The topological polar surface area (TPSA) is 26.3 Å². The van der Waals surface area contributed by atoms with Crippen LogP contribution in [0.1, 0.15) is 49.5 Å². The second-order valence-corrected chi connectivity index (χ2v) is 4.28. The lowest BCUT2D eigenvalue weighted by Crippen LogP contribution is -2.21. The van der Waals surface area contributed by atoms with Gasteiger partial charge in [-0.3, -0.25) is 4.79 Å². The highest BCUT2D eigenvalue weighted by Gasteiger charge is 2.14. The minimum absolute atomic E-state index is 0.0729. The third-order valence-corrected chi connectivity index (χ3v) is 2.88. The van der Waals surface area contributed by atoms with Crippen LogP contribution in [0.15, 0.2) is 24.3 Å². The molecule has 0 aliphatic heterocycles. The fourth-order valence-electron chi connectivity index (χ4n) is 1.62. The van der Waals surface area contributed by atoms with Crippen molar-refractivity contribution in [1.29, 1.82) is 0 Å². The molecule has 17 heavy (non-hydrogen) atoms. The van der Waals surface area contributed by atoms with Crippen LogP contribution in [-0.2, 0) is 11.2 Å². The van der Waals surface area contributed by atoms with E-state index in [1.165, 1.54) is 5.56 Å². The molecule has 0 fully saturated rings. The first-order valence-corrected chi connectivity index (χ1v) is 6.43. The Hall–Kier alpha value is -1.15. The molecule has 0 aromatic heterocycles. The maximum Gasteiger partial charge on any atom is 0.191 e. The molecule has 0 N–H and O–H groups in total. The van der Waals surface area contributed by atoms with Gasteiger partial charge in [-0.25, -0.2) is 0 Å². The average molecular weight is 234 g/mol. The molecular formula is C15H22O2. The van der Waals surface area contributed by atoms with Crippen LogP contribution in [0.3, 0.4) is 0 Å². The fourth-order valence-corrected chi connectivity index (χ4v) is 1.62. The summed E-state index contributed by atoms with van der Waals surface area (Å²) in [5.41, 5.74) is 1.99. The van der Waals surface area contributed by atoms with Crippen LogP contribution in [0.25, 0.3) is 0 Å². The summed E-state index contributed by atoms with van der Waals surface area (Å²) in [5, 5.41) is 0. The van der Waals surface area contributed by atoms with Crippen LogP contribution in [0.2, 0.25) is 0 Å². The summed E-state index contributed by atoms with van der Waals surface area (Å²) < 4.78 is 5.51. The molecule has 94 valence electrons. The number of unbranched alkanes of at least 4 members (excludes halogenated alkanes) is 1. The standard InChI is InChI=1S/C15H22O2/c1-4-6-11-17-12(3)15(16)14-9-7-13(5-2)8-10-14/h7-10,12H,4-6,11H2,1-3H3. The lowest BCUT2D eigenvalue weighted by molar-refractivity contribution is 0.0468. The number of ether oxygens (including phenoxy) is 1. The highest BCUT2D eigenvalue weighted by molar-refractivity contribution is 5.99. The third kappa shape index (κ3) is 4.31. The quantitative estimate of drug-likeness (QED) is 0.532. The first-order chi connectivity index (χ1) is 8.19. The molecular weight excluding hydrogens is 212 g/mol. The van der Waals surface area contributed by atoms with E-state index in [2.05, 4.69) is 13.8 Å². The van der Waals surface area contributed by atoms with E-state index >= 15 is 0 Å². The van der Waals surface area contributed by atoms with Gasteiger partial charge in [-0.15, -0.1) is 0 Å². The minimum Gasteiger partial charge on any atom is -0.370 e. The fraction of sp³-hybridized carbons (Fsp3) is 0.533.